The lowest BCUT2D eigenvalue weighted by atomic mass is 9.91. The molecule has 0 spiro atoms. The van der Waals surface area contributed by atoms with E-state index in [2.05, 4.69) is 11.4 Å². The highest BCUT2D eigenvalue weighted by Crippen LogP contribution is 2.24. The first-order valence-corrected chi connectivity index (χ1v) is 11.6. The van der Waals surface area contributed by atoms with Crippen molar-refractivity contribution < 1.29 is 9.59 Å². The molecule has 0 unspecified atom stereocenters. The third-order valence-corrected chi connectivity index (χ3v) is 5.54. The van der Waals surface area contributed by atoms with E-state index >= 15 is 0 Å². The van der Waals surface area contributed by atoms with Gasteiger partial charge in [-0.3, -0.25) is 9.59 Å². The Morgan fingerprint density at radius 1 is 0.943 bits per heavy atom. The molecule has 0 aliphatic heterocycles. The van der Waals surface area contributed by atoms with Crippen molar-refractivity contribution in [3.8, 4) is 6.07 Å². The summed E-state index contributed by atoms with van der Waals surface area (Å²) >= 11 is 0. The number of hydrogen-bond donors (Lipinski definition) is 2. The molecule has 0 radical (unpaired) electrons. The quantitative estimate of drug-likeness (QED) is 0.472. The zero-order valence-corrected chi connectivity index (χ0v) is 20.5. The third-order valence-electron chi connectivity index (χ3n) is 5.54. The van der Waals surface area contributed by atoms with E-state index in [9.17, 15) is 9.59 Å². The van der Waals surface area contributed by atoms with E-state index in [4.69, 9.17) is 11.0 Å². The smallest absolute Gasteiger partial charge is 0.255 e. The Hall–Kier alpha value is -3.95. The topological polar surface area (TPSA) is 99.2 Å². The van der Waals surface area contributed by atoms with Crippen molar-refractivity contribution in [3.05, 3.63) is 101 Å². The molecule has 0 saturated carbocycles. The van der Waals surface area contributed by atoms with Crippen LogP contribution in [0.4, 0.5) is 5.69 Å². The number of hydrogen-bond acceptors (Lipinski definition) is 4. The van der Waals surface area contributed by atoms with Crippen molar-refractivity contribution in [2.75, 3.05) is 5.32 Å². The van der Waals surface area contributed by atoms with Crippen LogP contribution in [-0.4, -0.2) is 16.7 Å². The van der Waals surface area contributed by atoms with Crippen molar-refractivity contribution in [2.45, 2.75) is 46.8 Å². The van der Waals surface area contributed by atoms with Crippen molar-refractivity contribution >= 4 is 17.5 Å². The van der Waals surface area contributed by atoms with Crippen LogP contribution in [0.15, 0.2) is 72.8 Å². The van der Waals surface area contributed by atoms with Gasteiger partial charge >= 0.3 is 0 Å². The Bertz CT molecular complexity index is 1220. The first kappa shape index (κ1) is 25.7. The van der Waals surface area contributed by atoms with Gasteiger partial charge < -0.3 is 16.0 Å². The van der Waals surface area contributed by atoms with E-state index in [1.165, 1.54) is 0 Å². The minimum Gasteiger partial charge on any atom is -0.334 e. The number of nitrogens with two attached hydrogens (primary N) is 1. The fourth-order valence-electron chi connectivity index (χ4n) is 3.75. The third kappa shape index (κ3) is 7.53. The first-order valence-electron chi connectivity index (χ1n) is 11.6. The summed E-state index contributed by atoms with van der Waals surface area (Å²) in [6.45, 7) is 7.37. The molecule has 180 valence electrons. The van der Waals surface area contributed by atoms with E-state index in [0.29, 0.717) is 42.9 Å². The maximum Gasteiger partial charge on any atom is 0.255 e. The van der Waals surface area contributed by atoms with Crippen LogP contribution < -0.4 is 11.1 Å². The normalized spacial score (nSPS) is 10.9. The van der Waals surface area contributed by atoms with E-state index < -0.39 is 0 Å². The van der Waals surface area contributed by atoms with Crippen LogP contribution in [0.3, 0.4) is 0 Å². The van der Waals surface area contributed by atoms with Gasteiger partial charge in [-0.25, -0.2) is 0 Å². The van der Waals surface area contributed by atoms with E-state index in [-0.39, 0.29) is 17.2 Å². The van der Waals surface area contributed by atoms with Gasteiger partial charge in [0.2, 0.25) is 5.91 Å². The van der Waals surface area contributed by atoms with Gasteiger partial charge in [-0.05, 0) is 52.4 Å². The molecule has 0 aliphatic carbocycles. The second-order valence-corrected chi connectivity index (χ2v) is 9.81. The molecular formula is C29H32N4O2. The van der Waals surface area contributed by atoms with Gasteiger partial charge in [-0.15, -0.1) is 0 Å². The molecule has 3 aromatic carbocycles. The van der Waals surface area contributed by atoms with Gasteiger partial charge in [-0.2, -0.15) is 5.26 Å². The molecule has 3 aromatic rings. The monoisotopic (exact) mass is 468 g/mol. The lowest BCUT2D eigenvalue weighted by Gasteiger charge is -2.28. The summed E-state index contributed by atoms with van der Waals surface area (Å²) in [7, 11) is 0. The highest BCUT2D eigenvalue weighted by molar-refractivity contribution is 6.04. The van der Waals surface area contributed by atoms with Crippen LogP contribution in [-0.2, 0) is 24.4 Å². The maximum atomic E-state index is 13.3. The molecule has 0 aromatic heterocycles. The number of amides is 2. The molecule has 2 amide bonds. The van der Waals surface area contributed by atoms with Gasteiger partial charge in [0.1, 0.15) is 0 Å². The molecule has 0 heterocycles. The van der Waals surface area contributed by atoms with Crippen LogP contribution in [0.5, 0.6) is 0 Å². The van der Waals surface area contributed by atoms with Gasteiger partial charge in [0, 0.05) is 37.3 Å². The fraction of sp³-hybridized carbons (Fsp3) is 0.276. The summed E-state index contributed by atoms with van der Waals surface area (Å²) in [6, 6.07) is 24.0. The van der Waals surface area contributed by atoms with Crippen LogP contribution in [0.2, 0.25) is 0 Å². The van der Waals surface area contributed by atoms with E-state index in [0.717, 1.165) is 16.7 Å². The van der Waals surface area contributed by atoms with Gasteiger partial charge in [0.25, 0.3) is 5.91 Å². The fourth-order valence-corrected chi connectivity index (χ4v) is 3.75. The number of benzene rings is 3. The second kappa shape index (κ2) is 11.5. The number of anilines is 1. The summed E-state index contributed by atoms with van der Waals surface area (Å²) in [5, 5.41) is 11.9. The predicted octanol–water partition coefficient (Wildman–Crippen LogP) is 5.23. The average molecular weight is 469 g/mol. The molecule has 3 N–H and O–H groups in total. The predicted molar refractivity (Wildman–Crippen MR) is 138 cm³/mol. The maximum absolute atomic E-state index is 13.3. The first-order chi connectivity index (χ1) is 16.7. The van der Waals surface area contributed by atoms with Gasteiger partial charge in [-0.1, -0.05) is 63.2 Å². The Morgan fingerprint density at radius 3 is 2.29 bits per heavy atom. The number of para-hydroxylation sites is 1. The average Bonchev–Trinajstić information content (AvgIpc) is 2.83. The van der Waals surface area contributed by atoms with Crippen LogP contribution in [0.1, 0.15) is 59.8 Å². The lowest BCUT2D eigenvalue weighted by molar-refractivity contribution is -0.134. The van der Waals surface area contributed by atoms with E-state index in [1.807, 2.05) is 74.2 Å². The molecule has 6 nitrogen and oxygen atoms in total. The Balaban J connectivity index is 1.85. The number of nitriles is 1. The zero-order valence-electron chi connectivity index (χ0n) is 20.5. The number of carbonyl (C=O) groups is 2. The molecule has 35 heavy (non-hydrogen) atoms. The highest BCUT2D eigenvalue weighted by Gasteiger charge is 2.23. The number of nitrogens with zero attached hydrogens (tertiary/aromatic N) is 2. The largest absolute Gasteiger partial charge is 0.334 e. The van der Waals surface area contributed by atoms with Crippen LogP contribution in [0, 0.1) is 16.7 Å². The Labute approximate surface area is 207 Å². The standard InChI is InChI=1S/C29H32N4O2/c1-29(2,3)16-27(34)33(19-23-8-6-7-22(15-23)18-31)20-25-9-4-5-10-26(25)32-28(35)24-13-11-21(17-30)12-14-24/h4-15H,16,18-20,31H2,1-3H3,(H,32,35). The van der Waals surface area contributed by atoms with Gasteiger partial charge in [0.15, 0.2) is 0 Å². The summed E-state index contributed by atoms with van der Waals surface area (Å²) in [6.07, 6.45) is 0.406. The second-order valence-electron chi connectivity index (χ2n) is 9.81. The molecule has 3 rings (SSSR count). The highest BCUT2D eigenvalue weighted by atomic mass is 16.2. The summed E-state index contributed by atoms with van der Waals surface area (Å²) < 4.78 is 0. The number of carbonyl (C=O) groups excluding carboxylic acids is 2. The molecular weight excluding hydrogens is 436 g/mol. The van der Waals surface area contributed by atoms with Crippen LogP contribution in [0.25, 0.3) is 0 Å². The summed E-state index contributed by atoms with van der Waals surface area (Å²) in [4.78, 5) is 28.0. The van der Waals surface area contributed by atoms with Crippen molar-refractivity contribution in [1.82, 2.24) is 4.90 Å². The minimum absolute atomic E-state index is 0.0453. The Kier molecular flexibility index (Phi) is 8.40. The molecule has 0 atom stereocenters. The number of nitrogens with one attached hydrogen (secondary N) is 1. The molecule has 0 bridgehead atoms. The molecule has 6 heteroatoms. The molecule has 0 fully saturated rings. The van der Waals surface area contributed by atoms with Gasteiger partial charge in [0.05, 0.1) is 11.6 Å². The zero-order chi connectivity index (χ0) is 25.4. The van der Waals surface area contributed by atoms with Crippen molar-refractivity contribution in [2.24, 2.45) is 11.1 Å². The lowest BCUT2D eigenvalue weighted by Crippen LogP contribution is -2.33. The van der Waals surface area contributed by atoms with Crippen LogP contribution >= 0.6 is 0 Å². The molecule has 0 saturated heterocycles. The summed E-state index contributed by atoms with van der Waals surface area (Å²) in [5.74, 6) is -0.228. The summed E-state index contributed by atoms with van der Waals surface area (Å²) in [5.41, 5.74) is 10.1. The molecule has 0 aliphatic rings. The SMILES string of the molecule is CC(C)(C)CC(=O)N(Cc1cccc(CN)c1)Cc1ccccc1NC(=O)c1ccc(C#N)cc1. The Morgan fingerprint density at radius 2 is 1.63 bits per heavy atom. The van der Waals surface area contributed by atoms with Crippen molar-refractivity contribution in [1.29, 1.82) is 5.26 Å². The minimum atomic E-state index is -0.273. The van der Waals surface area contributed by atoms with E-state index in [1.54, 1.807) is 24.3 Å². The van der Waals surface area contributed by atoms with Crippen molar-refractivity contribution in [3.63, 3.8) is 0 Å². The number of rotatable bonds is 8.